The van der Waals surface area contributed by atoms with Crippen molar-refractivity contribution in [2.24, 2.45) is 16.5 Å². The number of hydrogen-bond acceptors (Lipinski definition) is 6. The molecule has 1 fully saturated rings. The van der Waals surface area contributed by atoms with Crippen molar-refractivity contribution in [1.29, 1.82) is 0 Å². The molecule has 0 aromatic heterocycles. The van der Waals surface area contributed by atoms with E-state index < -0.39 is 22.0 Å². The van der Waals surface area contributed by atoms with E-state index in [-0.39, 0.29) is 46.7 Å². The maximum atomic E-state index is 14.0. The number of carbonyl (C=O) groups is 2. The number of amides is 2. The zero-order valence-corrected chi connectivity index (χ0v) is 28.2. The number of aliphatic imine (C=N–C) groups is 1. The van der Waals surface area contributed by atoms with Gasteiger partial charge in [0.15, 0.2) is 5.96 Å². The van der Waals surface area contributed by atoms with E-state index in [1.165, 1.54) is 0 Å². The van der Waals surface area contributed by atoms with Gasteiger partial charge in [-0.05, 0) is 65.5 Å². The third-order valence-corrected chi connectivity index (χ3v) is 9.50. The Morgan fingerprint density at radius 1 is 1.00 bits per heavy atom. The summed E-state index contributed by atoms with van der Waals surface area (Å²) in [7, 11) is -4.26. The van der Waals surface area contributed by atoms with Crippen LogP contribution in [0.1, 0.15) is 88.5 Å². The van der Waals surface area contributed by atoms with Gasteiger partial charge in [-0.15, -0.1) is 0 Å². The van der Waals surface area contributed by atoms with Gasteiger partial charge >= 0.3 is 12.0 Å². The summed E-state index contributed by atoms with van der Waals surface area (Å²) in [4.78, 5) is 33.5. The fraction of sp³-hybridized carbons (Fsp3) is 0.531. The van der Waals surface area contributed by atoms with E-state index in [0.29, 0.717) is 55.1 Å². The minimum Gasteiger partial charge on any atom is -0.480 e. The fourth-order valence-electron chi connectivity index (χ4n) is 5.45. The van der Waals surface area contributed by atoms with Crippen LogP contribution in [-0.2, 0) is 21.2 Å². The van der Waals surface area contributed by atoms with Crippen molar-refractivity contribution in [1.82, 2.24) is 14.9 Å². The molecule has 248 valence electrons. The van der Waals surface area contributed by atoms with Crippen LogP contribution in [0.3, 0.4) is 0 Å². The number of rotatable bonds is 12. The van der Waals surface area contributed by atoms with Crippen LogP contribution in [0.4, 0.5) is 16.2 Å². The second-order valence-corrected chi connectivity index (χ2v) is 14.0. The third kappa shape index (κ3) is 8.74. The topological polar surface area (TPSA) is 183 Å². The normalized spacial score (nSPS) is 14.6. The molecule has 12 nitrogen and oxygen atoms in total. The largest absolute Gasteiger partial charge is 0.480 e. The number of guanidine groups is 1. The molecule has 1 aliphatic rings. The summed E-state index contributed by atoms with van der Waals surface area (Å²) >= 11 is 0. The molecular weight excluding hydrogens is 594 g/mol. The third-order valence-electron chi connectivity index (χ3n) is 7.90. The van der Waals surface area contributed by atoms with Gasteiger partial charge in [-0.25, -0.2) is 18.2 Å². The highest BCUT2D eigenvalue weighted by Gasteiger charge is 2.32. The number of urea groups is 1. The van der Waals surface area contributed by atoms with E-state index in [9.17, 15) is 23.1 Å². The number of carboxylic acids is 1. The smallest absolute Gasteiger partial charge is 0.324 e. The van der Waals surface area contributed by atoms with Crippen molar-refractivity contribution >= 4 is 39.4 Å². The molecule has 2 aromatic carbocycles. The Labute approximate surface area is 267 Å². The van der Waals surface area contributed by atoms with E-state index >= 15 is 0 Å². The summed E-state index contributed by atoms with van der Waals surface area (Å²) in [5, 5.41) is 13.4. The van der Waals surface area contributed by atoms with Gasteiger partial charge in [0.25, 0.3) is 0 Å². The molecule has 1 aliphatic heterocycles. The van der Waals surface area contributed by atoms with Crippen molar-refractivity contribution in [3.63, 3.8) is 0 Å². The SMILES string of the molecule is CCN(C(=O)N1CCNCC1)c1ccc(C[C@H](NS(=O)(=O)c2c(C(C)C)cc(C(C)C)cc2C(C)C)C(=O)O)cc1N=C(N)N. The highest BCUT2D eigenvalue weighted by molar-refractivity contribution is 7.89. The summed E-state index contributed by atoms with van der Waals surface area (Å²) in [6, 6.07) is 7.05. The quantitative estimate of drug-likeness (QED) is 0.171. The lowest BCUT2D eigenvalue weighted by atomic mass is 9.89. The summed E-state index contributed by atoms with van der Waals surface area (Å²) in [5.74, 6) is -1.60. The predicted octanol–water partition coefficient (Wildman–Crippen LogP) is 3.79. The molecule has 1 heterocycles. The summed E-state index contributed by atoms with van der Waals surface area (Å²) in [5.41, 5.74) is 15.0. The van der Waals surface area contributed by atoms with Crippen LogP contribution in [0.25, 0.3) is 0 Å². The molecule has 7 N–H and O–H groups in total. The van der Waals surface area contributed by atoms with Crippen molar-refractivity contribution in [2.75, 3.05) is 37.6 Å². The van der Waals surface area contributed by atoms with Crippen LogP contribution in [0.15, 0.2) is 40.2 Å². The number of aliphatic carboxylic acids is 1. The number of nitrogens with two attached hydrogens (primary N) is 2. The molecule has 1 saturated heterocycles. The Morgan fingerprint density at radius 3 is 2.04 bits per heavy atom. The number of hydrogen-bond donors (Lipinski definition) is 5. The molecule has 45 heavy (non-hydrogen) atoms. The zero-order valence-electron chi connectivity index (χ0n) is 27.4. The predicted molar refractivity (Wildman–Crippen MR) is 179 cm³/mol. The van der Waals surface area contributed by atoms with E-state index in [2.05, 4.69) is 28.9 Å². The van der Waals surface area contributed by atoms with Gasteiger partial charge in [0, 0.05) is 32.7 Å². The molecule has 0 aliphatic carbocycles. The number of benzene rings is 2. The Bertz CT molecular complexity index is 1480. The summed E-state index contributed by atoms with van der Waals surface area (Å²) in [6.45, 7) is 16.5. The van der Waals surface area contributed by atoms with Gasteiger partial charge < -0.3 is 26.8 Å². The first-order valence-corrected chi connectivity index (χ1v) is 17.0. The number of carboxylic acid groups (broad SMARTS) is 1. The maximum Gasteiger partial charge on any atom is 0.324 e. The molecule has 2 amide bonds. The number of nitrogens with zero attached hydrogens (tertiary/aromatic N) is 3. The fourth-order valence-corrected chi connectivity index (χ4v) is 7.34. The lowest BCUT2D eigenvalue weighted by Gasteiger charge is -2.33. The average Bonchev–Trinajstić information content (AvgIpc) is 2.97. The van der Waals surface area contributed by atoms with Gasteiger partial charge in [0.05, 0.1) is 16.3 Å². The van der Waals surface area contributed by atoms with Gasteiger partial charge in [-0.2, -0.15) is 4.72 Å². The molecule has 3 rings (SSSR count). The molecule has 0 spiro atoms. The van der Waals surface area contributed by atoms with Gasteiger partial charge in [0.1, 0.15) is 6.04 Å². The molecular formula is C32H49N7O5S. The number of carbonyl (C=O) groups excluding carboxylic acids is 1. The minimum absolute atomic E-state index is 0.115. The second kappa shape index (κ2) is 15.1. The summed E-state index contributed by atoms with van der Waals surface area (Å²) in [6.07, 6.45) is -0.183. The lowest BCUT2D eigenvalue weighted by molar-refractivity contribution is -0.138. The zero-order chi connectivity index (χ0) is 33.6. The molecule has 0 bridgehead atoms. The van der Waals surface area contributed by atoms with E-state index in [4.69, 9.17) is 11.5 Å². The average molecular weight is 644 g/mol. The highest BCUT2D eigenvalue weighted by atomic mass is 32.2. The van der Waals surface area contributed by atoms with E-state index in [1.54, 1.807) is 28.0 Å². The first-order chi connectivity index (χ1) is 21.1. The molecule has 0 unspecified atom stereocenters. The second-order valence-electron chi connectivity index (χ2n) is 12.3. The number of sulfonamides is 1. The molecule has 1 atom stereocenters. The van der Waals surface area contributed by atoms with Crippen LogP contribution in [0.5, 0.6) is 0 Å². The molecule has 2 aromatic rings. The van der Waals surface area contributed by atoms with Gasteiger partial charge in [0.2, 0.25) is 10.0 Å². The Hall–Kier alpha value is -3.68. The van der Waals surface area contributed by atoms with E-state index in [1.807, 2.05) is 46.8 Å². The van der Waals surface area contributed by atoms with Crippen LogP contribution >= 0.6 is 0 Å². The number of anilines is 1. The summed E-state index contributed by atoms with van der Waals surface area (Å²) < 4.78 is 30.5. The standard InChI is InChI=1S/C32H49N7O5S/c1-8-39(32(42)38-13-11-35-12-14-38)28-10-9-22(15-26(28)36-31(33)34)16-27(30(40)41)37-45(43,44)29-24(20(4)5)17-23(19(2)3)18-25(29)21(6)7/h9-10,15,17-21,27,35,37H,8,11-14,16H2,1-7H3,(H,40,41)(H4,33,34,36)/t27-/m0/s1. The van der Waals surface area contributed by atoms with Gasteiger partial charge in [-0.3, -0.25) is 9.69 Å². The maximum absolute atomic E-state index is 14.0. The van der Waals surface area contributed by atoms with Crippen molar-refractivity contribution < 1.29 is 23.1 Å². The Balaban J connectivity index is 2.02. The Kier molecular flexibility index (Phi) is 12.0. The first kappa shape index (κ1) is 35.8. The molecule has 0 radical (unpaired) electrons. The van der Waals surface area contributed by atoms with Crippen molar-refractivity contribution in [2.45, 2.75) is 83.6 Å². The Morgan fingerprint density at radius 2 is 1.58 bits per heavy atom. The van der Waals surface area contributed by atoms with Gasteiger partial charge in [-0.1, -0.05) is 59.7 Å². The van der Waals surface area contributed by atoms with Crippen LogP contribution in [-0.4, -0.2) is 75.1 Å². The van der Waals surface area contributed by atoms with Crippen molar-refractivity contribution in [3.05, 3.63) is 52.6 Å². The lowest BCUT2D eigenvalue weighted by Crippen LogP contribution is -2.51. The minimum atomic E-state index is -4.26. The van der Waals surface area contributed by atoms with Crippen molar-refractivity contribution in [3.8, 4) is 0 Å². The number of nitrogens with one attached hydrogen (secondary N) is 2. The van der Waals surface area contributed by atoms with Crippen LogP contribution in [0, 0.1) is 0 Å². The van der Waals surface area contributed by atoms with E-state index in [0.717, 1.165) is 5.56 Å². The first-order valence-electron chi connectivity index (χ1n) is 15.5. The van der Waals surface area contributed by atoms with Crippen LogP contribution in [0.2, 0.25) is 0 Å². The number of piperazine rings is 1. The monoisotopic (exact) mass is 643 g/mol. The van der Waals surface area contributed by atoms with Crippen LogP contribution < -0.4 is 26.4 Å². The highest BCUT2D eigenvalue weighted by Crippen LogP contribution is 2.36. The molecule has 0 saturated carbocycles. The molecule has 13 heteroatoms.